The third-order valence-corrected chi connectivity index (χ3v) is 10.7. The largest absolute Gasteiger partial charge is 0.310 e. The third-order valence-electron chi connectivity index (χ3n) is 10.7. The number of nitrogens with zero attached hydrogens (tertiary/aromatic N) is 2. The van der Waals surface area contributed by atoms with E-state index in [1.165, 1.54) is 0 Å². The van der Waals surface area contributed by atoms with Crippen molar-refractivity contribution in [2.75, 3.05) is 9.80 Å². The van der Waals surface area contributed by atoms with Crippen LogP contribution in [0.15, 0.2) is 211 Å². The second kappa shape index (κ2) is 14.9. The maximum Gasteiger partial charge on any atom is 0.194 e. The molecule has 0 aliphatic rings. The smallest absolute Gasteiger partial charge is 0.194 e. The van der Waals surface area contributed by atoms with Gasteiger partial charge in [0.1, 0.15) is 0 Å². The van der Waals surface area contributed by atoms with E-state index in [0.717, 1.165) is 78.3 Å². The van der Waals surface area contributed by atoms with Crippen LogP contribution >= 0.6 is 0 Å². The molecule has 268 valence electrons. The Balaban J connectivity index is 1.09. The lowest BCUT2D eigenvalue weighted by Crippen LogP contribution is -2.10. The van der Waals surface area contributed by atoms with E-state index < -0.39 is 0 Å². The molecule has 9 rings (SSSR count). The summed E-state index contributed by atoms with van der Waals surface area (Å²) in [5.74, 6) is 0. The number of benzene rings is 8. The van der Waals surface area contributed by atoms with Gasteiger partial charge in [0.2, 0.25) is 0 Å². The molecule has 9 aromatic rings. The molecule has 0 spiro atoms. The first-order chi connectivity index (χ1) is 27.5. The predicted molar refractivity (Wildman–Crippen MR) is 237 cm³/mol. The molecule has 0 heterocycles. The molecule has 0 radical (unpaired) electrons. The molecule has 56 heavy (non-hydrogen) atoms. The Morgan fingerprint density at radius 1 is 0.321 bits per heavy atom. The van der Waals surface area contributed by atoms with Crippen molar-refractivity contribution in [1.29, 1.82) is 0 Å². The average Bonchev–Trinajstić information content (AvgIpc) is 3.38. The van der Waals surface area contributed by atoms with E-state index in [2.05, 4.69) is 206 Å². The fourth-order valence-corrected chi connectivity index (χ4v) is 7.88. The second-order valence-corrected chi connectivity index (χ2v) is 14.3. The fraction of sp³-hybridized carbons (Fsp3) is 0.0377. The Kier molecular flexibility index (Phi) is 9.18. The Hall–Kier alpha value is -7.23. The molecule has 0 aliphatic heterocycles. The third kappa shape index (κ3) is 6.61. The van der Waals surface area contributed by atoms with Gasteiger partial charge in [0.25, 0.3) is 0 Å². The summed E-state index contributed by atoms with van der Waals surface area (Å²) < 4.78 is 0. The highest BCUT2D eigenvalue weighted by Gasteiger charge is 2.16. The van der Waals surface area contributed by atoms with Crippen LogP contribution in [0.1, 0.15) is 11.1 Å². The van der Waals surface area contributed by atoms with Gasteiger partial charge in [0.15, 0.2) is 5.43 Å². The molecule has 0 amide bonds. The lowest BCUT2D eigenvalue weighted by Gasteiger charge is -2.26. The van der Waals surface area contributed by atoms with Crippen LogP contribution in [0.4, 0.5) is 34.1 Å². The first kappa shape index (κ1) is 34.5. The molecule has 3 nitrogen and oxygen atoms in total. The van der Waals surface area contributed by atoms with Gasteiger partial charge in [-0.25, -0.2) is 0 Å². The Morgan fingerprint density at radius 2 is 0.643 bits per heavy atom. The molecule has 0 fully saturated rings. The minimum absolute atomic E-state index is 0.0332. The van der Waals surface area contributed by atoms with E-state index in [0.29, 0.717) is 10.8 Å². The van der Waals surface area contributed by atoms with Crippen LogP contribution in [-0.2, 0) is 0 Å². The van der Waals surface area contributed by atoms with Gasteiger partial charge in [-0.05, 0) is 143 Å². The van der Waals surface area contributed by atoms with Gasteiger partial charge in [-0.3, -0.25) is 4.79 Å². The number of anilines is 6. The highest BCUT2D eigenvalue weighted by atomic mass is 16.1. The van der Waals surface area contributed by atoms with Crippen molar-refractivity contribution in [2.45, 2.75) is 13.8 Å². The molecular weight excluding hydrogens is 681 g/mol. The van der Waals surface area contributed by atoms with E-state index in [1.807, 2.05) is 24.3 Å². The molecule has 0 bridgehead atoms. The summed E-state index contributed by atoms with van der Waals surface area (Å²) in [6.07, 6.45) is 0. The summed E-state index contributed by atoms with van der Waals surface area (Å²) in [6, 6.07) is 71.6. The van der Waals surface area contributed by atoms with Crippen LogP contribution < -0.4 is 15.2 Å². The van der Waals surface area contributed by atoms with Gasteiger partial charge in [-0.1, -0.05) is 121 Å². The zero-order valence-electron chi connectivity index (χ0n) is 31.4. The highest BCUT2D eigenvalue weighted by molar-refractivity contribution is 5.97. The normalized spacial score (nSPS) is 11.1. The zero-order valence-corrected chi connectivity index (χ0v) is 31.4. The van der Waals surface area contributed by atoms with Gasteiger partial charge >= 0.3 is 0 Å². The van der Waals surface area contributed by atoms with E-state index in [9.17, 15) is 4.79 Å². The molecule has 0 saturated carbocycles. The number of fused-ring (bicyclic) bond motifs is 2. The molecule has 0 saturated heterocycles. The van der Waals surface area contributed by atoms with Crippen molar-refractivity contribution in [3.63, 3.8) is 0 Å². The number of para-hydroxylation sites is 4. The second-order valence-electron chi connectivity index (χ2n) is 14.3. The Labute approximate surface area is 328 Å². The van der Waals surface area contributed by atoms with Crippen molar-refractivity contribution in [3.05, 3.63) is 228 Å². The standard InChI is InChI=1S/C53H40N2O/c1-37-33-47(54(43-15-7-3-8-16-43)44-17-9-4-10-18-44)29-31-49(37)41-27-25-39-23-24-40-26-28-42(36-52(40)53(56)51(39)35-41)50-32-30-48(34-38(50)2)55(45-19-11-5-12-20-45)46-21-13-6-14-22-46/h3-36H,1-2H3. The van der Waals surface area contributed by atoms with Crippen LogP contribution in [0.2, 0.25) is 0 Å². The fourth-order valence-electron chi connectivity index (χ4n) is 7.88. The first-order valence-electron chi connectivity index (χ1n) is 19.1. The topological polar surface area (TPSA) is 23.6 Å². The summed E-state index contributed by atoms with van der Waals surface area (Å²) >= 11 is 0. The number of hydrogen-bond donors (Lipinski definition) is 0. The van der Waals surface area contributed by atoms with Crippen molar-refractivity contribution < 1.29 is 0 Å². The maximum atomic E-state index is 14.5. The van der Waals surface area contributed by atoms with Gasteiger partial charge in [0.05, 0.1) is 0 Å². The van der Waals surface area contributed by atoms with Crippen LogP contribution in [0.25, 0.3) is 43.8 Å². The van der Waals surface area contributed by atoms with Crippen molar-refractivity contribution in [3.8, 4) is 22.3 Å². The number of aryl methyl sites for hydroxylation is 2. The lowest BCUT2D eigenvalue weighted by molar-refractivity contribution is 1.27. The lowest BCUT2D eigenvalue weighted by atomic mass is 9.96. The van der Waals surface area contributed by atoms with Crippen LogP contribution in [0.3, 0.4) is 0 Å². The molecule has 0 N–H and O–H groups in total. The Morgan fingerprint density at radius 3 is 0.964 bits per heavy atom. The molecule has 0 aliphatic carbocycles. The van der Waals surface area contributed by atoms with Crippen molar-refractivity contribution >= 4 is 55.7 Å². The Bertz CT molecular complexity index is 2610. The quantitative estimate of drug-likeness (QED) is 0.156. The molecule has 0 aromatic heterocycles. The zero-order chi connectivity index (χ0) is 38.0. The van der Waals surface area contributed by atoms with Gasteiger partial charge in [0, 0.05) is 44.9 Å². The minimum Gasteiger partial charge on any atom is -0.310 e. The maximum absolute atomic E-state index is 14.5. The summed E-state index contributed by atoms with van der Waals surface area (Å²) in [7, 11) is 0. The summed E-state index contributed by atoms with van der Waals surface area (Å²) in [5, 5.41) is 3.27. The van der Waals surface area contributed by atoms with E-state index in [4.69, 9.17) is 0 Å². The molecular formula is C53H40N2O. The average molecular weight is 721 g/mol. The van der Waals surface area contributed by atoms with Gasteiger partial charge in [-0.15, -0.1) is 0 Å². The summed E-state index contributed by atoms with van der Waals surface area (Å²) in [4.78, 5) is 19.1. The van der Waals surface area contributed by atoms with Crippen molar-refractivity contribution in [2.24, 2.45) is 0 Å². The summed E-state index contributed by atoms with van der Waals surface area (Å²) in [6.45, 7) is 4.29. The van der Waals surface area contributed by atoms with Crippen LogP contribution in [0, 0.1) is 13.8 Å². The molecule has 0 unspecified atom stereocenters. The number of rotatable bonds is 8. The van der Waals surface area contributed by atoms with Crippen LogP contribution in [-0.4, -0.2) is 0 Å². The highest BCUT2D eigenvalue weighted by Crippen LogP contribution is 2.39. The van der Waals surface area contributed by atoms with E-state index in [1.54, 1.807) is 0 Å². The van der Waals surface area contributed by atoms with Crippen molar-refractivity contribution in [1.82, 2.24) is 0 Å². The monoisotopic (exact) mass is 720 g/mol. The minimum atomic E-state index is 0.0332. The summed E-state index contributed by atoms with van der Waals surface area (Å²) in [5.41, 5.74) is 13.1. The SMILES string of the molecule is Cc1cc(N(c2ccccc2)c2ccccc2)ccc1-c1ccc2ccc3ccc(-c4ccc(N(c5ccccc5)c5ccccc5)cc4C)cc3c(=O)c2c1. The van der Waals surface area contributed by atoms with Gasteiger partial charge < -0.3 is 9.80 Å². The first-order valence-corrected chi connectivity index (χ1v) is 19.1. The molecule has 0 atom stereocenters. The molecule has 3 heteroatoms. The predicted octanol–water partition coefficient (Wildman–Crippen LogP) is 14.2. The van der Waals surface area contributed by atoms with Gasteiger partial charge in [-0.2, -0.15) is 0 Å². The van der Waals surface area contributed by atoms with Crippen LogP contribution in [0.5, 0.6) is 0 Å². The molecule has 9 aromatic carbocycles. The van der Waals surface area contributed by atoms with E-state index >= 15 is 0 Å². The number of hydrogen-bond acceptors (Lipinski definition) is 3. The van der Waals surface area contributed by atoms with E-state index in [-0.39, 0.29) is 5.43 Å².